The van der Waals surface area contributed by atoms with E-state index in [4.69, 9.17) is 4.74 Å². The van der Waals surface area contributed by atoms with Gasteiger partial charge < -0.3 is 4.74 Å². The number of nitrogens with zero attached hydrogens (tertiary/aromatic N) is 1. The number of benzene rings is 1. The molecule has 0 aliphatic carbocycles. The third kappa shape index (κ3) is 2.85. The van der Waals surface area contributed by atoms with Crippen molar-refractivity contribution in [2.24, 2.45) is 0 Å². The van der Waals surface area contributed by atoms with Crippen molar-refractivity contribution in [3.63, 3.8) is 0 Å². The van der Waals surface area contributed by atoms with Crippen molar-refractivity contribution >= 4 is 15.9 Å². The number of hydrogen-bond donors (Lipinski definition) is 1. The van der Waals surface area contributed by atoms with Crippen molar-refractivity contribution in [1.82, 2.24) is 10.2 Å². The van der Waals surface area contributed by atoms with Crippen LogP contribution < -0.4 is 4.74 Å². The molecule has 1 aromatic heterocycles. The molecule has 0 saturated carbocycles. The maximum Gasteiger partial charge on any atom is 0.133 e. The van der Waals surface area contributed by atoms with E-state index in [1.807, 2.05) is 37.3 Å². The quantitative estimate of drug-likeness (QED) is 0.935. The van der Waals surface area contributed by atoms with Gasteiger partial charge in [-0.3, -0.25) is 5.10 Å². The van der Waals surface area contributed by atoms with Crippen LogP contribution in [0.15, 0.2) is 34.8 Å². The maximum atomic E-state index is 5.65. The van der Waals surface area contributed by atoms with Crippen LogP contribution >= 0.6 is 15.9 Å². The number of H-pyrrole nitrogens is 1. The zero-order chi connectivity index (χ0) is 11.4. The van der Waals surface area contributed by atoms with E-state index in [-0.39, 0.29) is 0 Å². The van der Waals surface area contributed by atoms with Crippen molar-refractivity contribution in [2.75, 3.05) is 6.61 Å². The largest absolute Gasteiger partial charge is 0.492 e. The third-order valence-corrected chi connectivity index (χ3v) is 2.87. The molecule has 84 valence electrons. The Morgan fingerprint density at radius 2 is 2.19 bits per heavy atom. The molecule has 0 amide bonds. The normalized spacial score (nSPS) is 10.4. The maximum absolute atomic E-state index is 5.65. The Balaban J connectivity index is 1.87. The van der Waals surface area contributed by atoms with Crippen LogP contribution in [0.2, 0.25) is 0 Å². The van der Waals surface area contributed by atoms with Gasteiger partial charge in [-0.2, -0.15) is 5.10 Å². The summed E-state index contributed by atoms with van der Waals surface area (Å²) in [6.07, 6.45) is 0.811. The molecule has 0 spiro atoms. The fourth-order valence-corrected chi connectivity index (χ4v) is 1.83. The first kappa shape index (κ1) is 11.2. The van der Waals surface area contributed by atoms with Crippen LogP contribution in [-0.2, 0) is 6.42 Å². The minimum atomic E-state index is 0.632. The van der Waals surface area contributed by atoms with Gasteiger partial charge in [-0.15, -0.1) is 0 Å². The predicted octanol–water partition coefficient (Wildman–Crippen LogP) is 3.10. The lowest BCUT2D eigenvalue weighted by Crippen LogP contribution is -2.01. The SMILES string of the molecule is Cc1cc(CCOc2ccccc2Br)n[nH]1. The van der Waals surface area contributed by atoms with Gasteiger partial charge in [0.2, 0.25) is 0 Å². The first-order chi connectivity index (χ1) is 7.75. The Morgan fingerprint density at radius 3 is 2.88 bits per heavy atom. The van der Waals surface area contributed by atoms with Crippen LogP contribution in [0.1, 0.15) is 11.4 Å². The lowest BCUT2D eigenvalue weighted by molar-refractivity contribution is 0.318. The Labute approximate surface area is 103 Å². The number of aromatic nitrogens is 2. The summed E-state index contributed by atoms with van der Waals surface area (Å²) >= 11 is 3.44. The van der Waals surface area contributed by atoms with Gasteiger partial charge in [0.1, 0.15) is 5.75 Å². The van der Waals surface area contributed by atoms with E-state index in [1.165, 1.54) is 0 Å². The second-order valence-electron chi connectivity index (χ2n) is 3.57. The minimum Gasteiger partial charge on any atom is -0.492 e. The molecule has 2 aromatic rings. The molecule has 1 N–H and O–H groups in total. The Hall–Kier alpha value is -1.29. The summed E-state index contributed by atoms with van der Waals surface area (Å²) < 4.78 is 6.63. The van der Waals surface area contributed by atoms with Gasteiger partial charge in [-0.05, 0) is 41.1 Å². The number of rotatable bonds is 4. The van der Waals surface area contributed by atoms with E-state index in [9.17, 15) is 0 Å². The van der Waals surface area contributed by atoms with Crippen LogP contribution in [0.3, 0.4) is 0 Å². The molecule has 0 atom stereocenters. The van der Waals surface area contributed by atoms with Crippen molar-refractivity contribution in [3.05, 3.63) is 46.2 Å². The standard InChI is InChI=1S/C12H13BrN2O/c1-9-8-10(15-14-9)6-7-16-12-5-3-2-4-11(12)13/h2-5,8H,6-7H2,1H3,(H,14,15). The number of nitrogens with one attached hydrogen (secondary N) is 1. The van der Waals surface area contributed by atoms with Crippen molar-refractivity contribution in [2.45, 2.75) is 13.3 Å². The van der Waals surface area contributed by atoms with Gasteiger partial charge in [-0.1, -0.05) is 12.1 Å². The average Bonchev–Trinajstić information content (AvgIpc) is 2.67. The lowest BCUT2D eigenvalue weighted by atomic mass is 10.3. The number of aromatic amines is 1. The number of halogens is 1. The molecule has 4 heteroatoms. The summed E-state index contributed by atoms with van der Waals surface area (Å²) in [5, 5.41) is 7.07. The van der Waals surface area contributed by atoms with Crippen molar-refractivity contribution < 1.29 is 4.74 Å². The summed E-state index contributed by atoms with van der Waals surface area (Å²) in [4.78, 5) is 0. The van der Waals surface area contributed by atoms with Crippen LogP contribution in [0.5, 0.6) is 5.75 Å². The van der Waals surface area contributed by atoms with Gasteiger partial charge in [0.25, 0.3) is 0 Å². The fraction of sp³-hybridized carbons (Fsp3) is 0.250. The molecule has 1 aromatic carbocycles. The molecule has 0 aliphatic rings. The van der Waals surface area contributed by atoms with Gasteiger partial charge in [0.05, 0.1) is 16.8 Å². The molecular formula is C12H13BrN2O. The number of para-hydroxylation sites is 1. The van der Waals surface area contributed by atoms with E-state index < -0.39 is 0 Å². The molecule has 0 fully saturated rings. The molecule has 2 rings (SSSR count). The smallest absolute Gasteiger partial charge is 0.133 e. The summed E-state index contributed by atoms with van der Waals surface area (Å²) in [5.74, 6) is 0.870. The predicted molar refractivity (Wildman–Crippen MR) is 66.7 cm³/mol. The number of ether oxygens (including phenoxy) is 1. The van der Waals surface area contributed by atoms with Gasteiger partial charge in [0, 0.05) is 12.1 Å². The van der Waals surface area contributed by atoms with Crippen LogP contribution in [-0.4, -0.2) is 16.8 Å². The summed E-state index contributed by atoms with van der Waals surface area (Å²) in [5.41, 5.74) is 2.11. The molecule has 0 unspecified atom stereocenters. The molecule has 16 heavy (non-hydrogen) atoms. The van der Waals surface area contributed by atoms with Crippen LogP contribution in [0.25, 0.3) is 0 Å². The van der Waals surface area contributed by atoms with E-state index >= 15 is 0 Å². The average molecular weight is 281 g/mol. The second-order valence-corrected chi connectivity index (χ2v) is 4.43. The first-order valence-corrected chi connectivity index (χ1v) is 5.93. The molecule has 0 bridgehead atoms. The highest BCUT2D eigenvalue weighted by Gasteiger charge is 2.01. The van der Waals surface area contributed by atoms with E-state index in [0.29, 0.717) is 6.61 Å². The summed E-state index contributed by atoms with van der Waals surface area (Å²) in [7, 11) is 0. The summed E-state index contributed by atoms with van der Waals surface area (Å²) in [6, 6.07) is 9.87. The Kier molecular flexibility index (Phi) is 3.62. The monoisotopic (exact) mass is 280 g/mol. The minimum absolute atomic E-state index is 0.632. The second kappa shape index (κ2) is 5.16. The first-order valence-electron chi connectivity index (χ1n) is 5.14. The van der Waals surface area contributed by atoms with Crippen molar-refractivity contribution in [3.8, 4) is 5.75 Å². The highest BCUT2D eigenvalue weighted by atomic mass is 79.9. The van der Waals surface area contributed by atoms with Gasteiger partial charge in [0.15, 0.2) is 0 Å². The Morgan fingerprint density at radius 1 is 1.38 bits per heavy atom. The molecule has 0 radical (unpaired) electrons. The number of aryl methyl sites for hydroxylation is 1. The topological polar surface area (TPSA) is 37.9 Å². The zero-order valence-electron chi connectivity index (χ0n) is 9.03. The molecule has 3 nitrogen and oxygen atoms in total. The lowest BCUT2D eigenvalue weighted by Gasteiger charge is -2.06. The molecule has 0 aliphatic heterocycles. The van der Waals surface area contributed by atoms with E-state index in [1.54, 1.807) is 0 Å². The molecular weight excluding hydrogens is 268 g/mol. The zero-order valence-corrected chi connectivity index (χ0v) is 10.6. The highest BCUT2D eigenvalue weighted by Crippen LogP contribution is 2.23. The van der Waals surface area contributed by atoms with Crippen LogP contribution in [0, 0.1) is 6.92 Å². The Bertz CT molecular complexity index is 468. The van der Waals surface area contributed by atoms with Crippen molar-refractivity contribution in [1.29, 1.82) is 0 Å². The molecule has 0 saturated heterocycles. The number of hydrogen-bond acceptors (Lipinski definition) is 2. The summed E-state index contributed by atoms with van der Waals surface area (Å²) in [6.45, 7) is 2.62. The van der Waals surface area contributed by atoms with Crippen LogP contribution in [0.4, 0.5) is 0 Å². The van der Waals surface area contributed by atoms with Gasteiger partial charge >= 0.3 is 0 Å². The molecule has 1 heterocycles. The van der Waals surface area contributed by atoms with Gasteiger partial charge in [-0.25, -0.2) is 0 Å². The van der Waals surface area contributed by atoms with E-state index in [0.717, 1.165) is 28.0 Å². The third-order valence-electron chi connectivity index (χ3n) is 2.21. The highest BCUT2D eigenvalue weighted by molar-refractivity contribution is 9.10. The van der Waals surface area contributed by atoms with E-state index in [2.05, 4.69) is 26.1 Å². The fourth-order valence-electron chi connectivity index (χ4n) is 1.43.